The second-order valence-corrected chi connectivity index (χ2v) is 5.95. The summed E-state index contributed by atoms with van der Waals surface area (Å²) in [7, 11) is 0. The van der Waals surface area contributed by atoms with Crippen LogP contribution in [0.3, 0.4) is 0 Å². The molecule has 2 rings (SSSR count). The van der Waals surface area contributed by atoms with Crippen molar-refractivity contribution in [2.75, 3.05) is 5.75 Å². The van der Waals surface area contributed by atoms with Crippen molar-refractivity contribution < 1.29 is 9.21 Å². The summed E-state index contributed by atoms with van der Waals surface area (Å²) in [6.07, 6.45) is 1.75. The van der Waals surface area contributed by atoms with E-state index in [0.29, 0.717) is 24.1 Å². The lowest BCUT2D eigenvalue weighted by Crippen LogP contribution is -2.31. The van der Waals surface area contributed by atoms with Crippen molar-refractivity contribution >= 4 is 17.7 Å². The van der Waals surface area contributed by atoms with Crippen molar-refractivity contribution in [1.82, 2.24) is 25.1 Å². The van der Waals surface area contributed by atoms with Crippen LogP contribution >= 0.6 is 11.8 Å². The Morgan fingerprint density at radius 2 is 2.22 bits per heavy atom. The van der Waals surface area contributed by atoms with Crippen LogP contribution in [0.1, 0.15) is 19.7 Å². The molecule has 0 aliphatic rings. The van der Waals surface area contributed by atoms with Crippen LogP contribution in [0.2, 0.25) is 0 Å². The van der Waals surface area contributed by atoms with Gasteiger partial charge in [0.25, 0.3) is 10.8 Å². The molecule has 1 amide bonds. The lowest BCUT2D eigenvalue weighted by molar-refractivity contribution is -0.119. The number of thioether (sulfide) groups is 1. The Morgan fingerprint density at radius 1 is 1.43 bits per heavy atom. The highest BCUT2D eigenvalue weighted by molar-refractivity contribution is 7.99. The molecule has 0 fully saturated rings. The lowest BCUT2D eigenvalue weighted by atomic mass is 10.4. The molecule has 9 nitrogen and oxygen atoms in total. The fourth-order valence-electron chi connectivity index (χ4n) is 1.72. The summed E-state index contributed by atoms with van der Waals surface area (Å²) in [5.41, 5.74) is -0.931. The zero-order valence-electron chi connectivity index (χ0n) is 12.7. The average molecular weight is 339 g/mol. The molecule has 2 aromatic heterocycles. The molecule has 2 aromatic rings. The van der Waals surface area contributed by atoms with E-state index in [9.17, 15) is 14.4 Å². The fourth-order valence-corrected chi connectivity index (χ4v) is 2.32. The van der Waals surface area contributed by atoms with Gasteiger partial charge in [-0.3, -0.25) is 14.6 Å². The van der Waals surface area contributed by atoms with Crippen molar-refractivity contribution in [3.63, 3.8) is 0 Å². The fraction of sp³-hybridized carbons (Fsp3) is 0.462. The number of H-pyrrole nitrogens is 1. The molecule has 0 saturated carbocycles. The number of rotatable bonds is 7. The van der Waals surface area contributed by atoms with Gasteiger partial charge in [0.2, 0.25) is 11.8 Å². The quantitative estimate of drug-likeness (QED) is 0.668. The number of amides is 1. The molecule has 2 heterocycles. The molecule has 0 aliphatic heterocycles. The van der Waals surface area contributed by atoms with E-state index in [0.717, 1.165) is 11.8 Å². The van der Waals surface area contributed by atoms with Gasteiger partial charge in [-0.15, -0.1) is 10.2 Å². The number of aryl methyl sites for hydroxylation is 2. The predicted molar refractivity (Wildman–Crippen MR) is 83.3 cm³/mol. The van der Waals surface area contributed by atoms with Gasteiger partial charge in [-0.05, 0) is 13.8 Å². The molecule has 0 spiro atoms. The minimum atomic E-state index is -0.489. The van der Waals surface area contributed by atoms with Crippen molar-refractivity contribution in [1.29, 1.82) is 0 Å². The lowest BCUT2D eigenvalue weighted by Gasteiger charge is -2.06. The molecule has 0 bridgehead atoms. The molecular formula is C13H17N5O4S. The van der Waals surface area contributed by atoms with Gasteiger partial charge in [0.1, 0.15) is 0 Å². The van der Waals surface area contributed by atoms with Crippen molar-refractivity contribution in [3.05, 3.63) is 39.0 Å². The van der Waals surface area contributed by atoms with E-state index in [4.69, 9.17) is 4.42 Å². The summed E-state index contributed by atoms with van der Waals surface area (Å²) in [5.74, 6) is 0.443. The zero-order chi connectivity index (χ0) is 16.8. The van der Waals surface area contributed by atoms with E-state index in [1.54, 1.807) is 0 Å². The smallest absolute Gasteiger partial charge is 0.328 e. The average Bonchev–Trinajstić information content (AvgIpc) is 2.91. The number of hydrogen-bond donors (Lipinski definition) is 2. The van der Waals surface area contributed by atoms with Crippen molar-refractivity contribution in [3.8, 4) is 0 Å². The van der Waals surface area contributed by atoms with Crippen molar-refractivity contribution in [2.24, 2.45) is 0 Å². The van der Waals surface area contributed by atoms with E-state index >= 15 is 0 Å². The summed E-state index contributed by atoms with van der Waals surface area (Å²) < 4.78 is 6.74. The molecule has 10 heteroatoms. The number of aromatic amines is 1. The Bertz CT molecular complexity index is 779. The van der Waals surface area contributed by atoms with E-state index in [1.165, 1.54) is 16.8 Å². The maximum atomic E-state index is 11.5. The maximum Gasteiger partial charge on any atom is 0.328 e. The monoisotopic (exact) mass is 339 g/mol. The first-order valence-corrected chi connectivity index (χ1v) is 7.97. The maximum absolute atomic E-state index is 11.5. The first-order chi connectivity index (χ1) is 10.9. The minimum Gasteiger partial charge on any atom is -0.416 e. The van der Waals surface area contributed by atoms with E-state index in [1.807, 2.05) is 13.8 Å². The Labute approximate surface area is 135 Å². The number of hydrogen-bond acceptors (Lipinski definition) is 7. The van der Waals surface area contributed by atoms with Gasteiger partial charge in [-0.25, -0.2) is 4.79 Å². The molecule has 0 aromatic carbocycles. The topological polar surface area (TPSA) is 123 Å². The van der Waals surface area contributed by atoms with Crippen LogP contribution in [-0.4, -0.2) is 37.5 Å². The number of nitrogens with zero attached hydrogens (tertiary/aromatic N) is 3. The number of aromatic nitrogens is 4. The summed E-state index contributed by atoms with van der Waals surface area (Å²) >= 11 is 1.15. The summed E-state index contributed by atoms with van der Waals surface area (Å²) in [4.78, 5) is 36.2. The summed E-state index contributed by atoms with van der Waals surface area (Å²) in [5, 5.41) is 10.8. The van der Waals surface area contributed by atoms with Crippen LogP contribution in [0.5, 0.6) is 0 Å². The zero-order valence-corrected chi connectivity index (χ0v) is 13.6. The normalized spacial score (nSPS) is 10.9. The Balaban J connectivity index is 1.86. The second-order valence-electron chi connectivity index (χ2n) is 5.03. The van der Waals surface area contributed by atoms with E-state index in [-0.39, 0.29) is 17.7 Å². The van der Waals surface area contributed by atoms with Gasteiger partial charge in [0.15, 0.2) is 0 Å². The van der Waals surface area contributed by atoms with Crippen molar-refractivity contribution in [2.45, 2.75) is 38.1 Å². The van der Waals surface area contributed by atoms with Gasteiger partial charge < -0.3 is 14.3 Å². The third-order valence-electron chi connectivity index (χ3n) is 2.69. The van der Waals surface area contributed by atoms with Gasteiger partial charge in [-0.2, -0.15) is 0 Å². The van der Waals surface area contributed by atoms with Gasteiger partial charge in [-0.1, -0.05) is 11.8 Å². The third kappa shape index (κ3) is 5.40. The minimum absolute atomic E-state index is 0.0805. The Hall–Kier alpha value is -2.36. The van der Waals surface area contributed by atoms with Crippen LogP contribution in [0.25, 0.3) is 0 Å². The molecule has 0 atom stereocenters. The molecule has 0 aliphatic carbocycles. The third-order valence-corrected chi connectivity index (χ3v) is 3.51. The Morgan fingerprint density at radius 3 is 2.91 bits per heavy atom. The molecule has 0 radical (unpaired) electrons. The number of carbonyl (C=O) groups is 1. The Kier molecular flexibility index (Phi) is 5.74. The number of nitrogens with one attached hydrogen (secondary N) is 2. The second kappa shape index (κ2) is 7.77. The molecule has 124 valence electrons. The molecular weight excluding hydrogens is 322 g/mol. The van der Waals surface area contributed by atoms with Crippen LogP contribution in [0, 0.1) is 0 Å². The van der Waals surface area contributed by atoms with Crippen LogP contribution in [0.4, 0.5) is 0 Å². The molecule has 0 unspecified atom stereocenters. The van der Waals surface area contributed by atoms with Crippen LogP contribution < -0.4 is 16.6 Å². The molecule has 23 heavy (non-hydrogen) atoms. The largest absolute Gasteiger partial charge is 0.416 e. The van der Waals surface area contributed by atoms with Gasteiger partial charge >= 0.3 is 5.69 Å². The summed E-state index contributed by atoms with van der Waals surface area (Å²) in [6.45, 7) is 4.06. The van der Waals surface area contributed by atoms with Gasteiger partial charge in [0.05, 0.1) is 5.75 Å². The highest BCUT2D eigenvalue weighted by Gasteiger charge is 2.10. The first kappa shape index (κ1) is 17.0. The van der Waals surface area contributed by atoms with E-state index in [2.05, 4.69) is 20.5 Å². The highest BCUT2D eigenvalue weighted by Crippen LogP contribution is 2.16. The van der Waals surface area contributed by atoms with Crippen LogP contribution in [0.15, 0.2) is 31.5 Å². The molecule has 0 saturated heterocycles. The predicted octanol–water partition coefficient (Wildman–Crippen LogP) is -0.221. The van der Waals surface area contributed by atoms with E-state index < -0.39 is 11.2 Å². The first-order valence-electron chi connectivity index (χ1n) is 6.98. The highest BCUT2D eigenvalue weighted by atomic mass is 32.2. The van der Waals surface area contributed by atoms with Gasteiger partial charge in [0, 0.05) is 31.3 Å². The number of carbonyl (C=O) groups excluding carboxylic acids is 1. The van der Waals surface area contributed by atoms with Crippen LogP contribution in [-0.2, 0) is 17.8 Å². The standard InChI is InChI=1S/C13H17N5O4S/c1-8(2)14-10(20)7-23-13-17-16-11(22-13)4-6-18-5-3-9(19)15-12(18)21/h3,5,8H,4,6-7H2,1-2H3,(H,14,20)(H,15,19,21). The summed E-state index contributed by atoms with van der Waals surface area (Å²) in [6, 6.07) is 1.35. The molecule has 2 N–H and O–H groups in total. The SMILES string of the molecule is CC(C)NC(=O)CSc1nnc(CCn2ccc(=O)[nH]c2=O)o1.